The molecule has 74 valence electrons. The minimum atomic E-state index is 0.521. The third-order valence-electron chi connectivity index (χ3n) is 1.85. The third-order valence-corrected chi connectivity index (χ3v) is 1.85. The lowest BCUT2D eigenvalue weighted by molar-refractivity contribution is 0.759. The van der Waals surface area contributed by atoms with E-state index in [0.29, 0.717) is 12.4 Å². The van der Waals surface area contributed by atoms with Crippen molar-refractivity contribution in [1.82, 2.24) is 30.2 Å². The Bertz CT molecular complexity index is 376. The fourth-order valence-electron chi connectivity index (χ4n) is 1.15. The SMILES string of the molecule is CCn1ccnc1NCc1nn[nH]n1. The molecular weight excluding hydrogens is 182 g/mol. The Kier molecular flexibility index (Phi) is 2.39. The summed E-state index contributed by atoms with van der Waals surface area (Å²) >= 11 is 0. The van der Waals surface area contributed by atoms with E-state index in [0.717, 1.165) is 12.5 Å². The number of H-pyrrole nitrogens is 1. The van der Waals surface area contributed by atoms with Crippen LogP contribution in [0.2, 0.25) is 0 Å². The number of hydrogen-bond acceptors (Lipinski definition) is 5. The molecule has 2 N–H and O–H groups in total. The minimum absolute atomic E-state index is 0.521. The summed E-state index contributed by atoms with van der Waals surface area (Å²) in [6.45, 7) is 3.46. The number of imidazole rings is 1. The second kappa shape index (κ2) is 3.86. The summed E-state index contributed by atoms with van der Waals surface area (Å²) in [5.74, 6) is 1.44. The van der Waals surface area contributed by atoms with Crippen LogP contribution in [0.15, 0.2) is 12.4 Å². The standard InChI is InChI=1S/C7H11N7/c1-2-14-4-3-8-7(14)9-5-6-10-12-13-11-6/h3-4H,2,5H2,1H3,(H,8,9)(H,10,11,12,13). The first-order chi connectivity index (χ1) is 6.90. The van der Waals surface area contributed by atoms with Crippen molar-refractivity contribution in [2.24, 2.45) is 0 Å². The summed E-state index contributed by atoms with van der Waals surface area (Å²) in [4.78, 5) is 4.15. The zero-order chi connectivity index (χ0) is 9.80. The van der Waals surface area contributed by atoms with Crippen LogP contribution in [0, 0.1) is 0 Å². The molecule has 0 atom stereocenters. The molecule has 2 aromatic heterocycles. The number of aromatic nitrogens is 6. The van der Waals surface area contributed by atoms with Crippen LogP contribution in [0.25, 0.3) is 0 Å². The number of aryl methyl sites for hydroxylation is 1. The molecule has 2 rings (SSSR count). The minimum Gasteiger partial charge on any atom is -0.348 e. The average Bonchev–Trinajstić information content (AvgIpc) is 2.85. The van der Waals surface area contributed by atoms with Crippen molar-refractivity contribution in [1.29, 1.82) is 0 Å². The second-order valence-corrected chi connectivity index (χ2v) is 2.72. The molecule has 0 aliphatic heterocycles. The largest absolute Gasteiger partial charge is 0.348 e. The first kappa shape index (κ1) is 8.67. The van der Waals surface area contributed by atoms with Crippen molar-refractivity contribution in [3.8, 4) is 0 Å². The number of nitrogens with one attached hydrogen (secondary N) is 2. The lowest BCUT2D eigenvalue weighted by atomic mass is 10.6. The van der Waals surface area contributed by atoms with Gasteiger partial charge in [-0.1, -0.05) is 5.21 Å². The highest BCUT2D eigenvalue weighted by Gasteiger charge is 2.02. The monoisotopic (exact) mass is 193 g/mol. The Balaban J connectivity index is 1.98. The Hall–Kier alpha value is -1.92. The molecule has 0 bridgehead atoms. The van der Waals surface area contributed by atoms with Gasteiger partial charge in [0.2, 0.25) is 5.95 Å². The summed E-state index contributed by atoms with van der Waals surface area (Å²) in [6.07, 6.45) is 3.67. The van der Waals surface area contributed by atoms with Gasteiger partial charge < -0.3 is 9.88 Å². The molecule has 0 aliphatic carbocycles. The highest BCUT2D eigenvalue weighted by Crippen LogP contribution is 2.04. The Morgan fingerprint density at radius 2 is 2.50 bits per heavy atom. The molecule has 7 nitrogen and oxygen atoms in total. The molecule has 0 saturated heterocycles. The Labute approximate surface area is 80.5 Å². The predicted molar refractivity (Wildman–Crippen MR) is 49.4 cm³/mol. The van der Waals surface area contributed by atoms with Crippen molar-refractivity contribution in [2.45, 2.75) is 20.0 Å². The van der Waals surface area contributed by atoms with Gasteiger partial charge in [-0.2, -0.15) is 5.21 Å². The molecule has 0 amide bonds. The van der Waals surface area contributed by atoms with Gasteiger partial charge in [0.15, 0.2) is 5.82 Å². The molecular formula is C7H11N7. The van der Waals surface area contributed by atoms with Gasteiger partial charge in [0.1, 0.15) is 0 Å². The van der Waals surface area contributed by atoms with Crippen LogP contribution in [-0.2, 0) is 13.1 Å². The molecule has 0 spiro atoms. The van der Waals surface area contributed by atoms with Crippen LogP contribution in [-0.4, -0.2) is 30.2 Å². The number of aromatic amines is 1. The zero-order valence-electron chi connectivity index (χ0n) is 7.80. The average molecular weight is 193 g/mol. The molecule has 2 aromatic rings. The number of anilines is 1. The number of nitrogens with zero attached hydrogens (tertiary/aromatic N) is 5. The number of rotatable bonds is 4. The second-order valence-electron chi connectivity index (χ2n) is 2.72. The molecule has 0 aromatic carbocycles. The number of hydrogen-bond donors (Lipinski definition) is 2. The van der Waals surface area contributed by atoms with Crippen molar-refractivity contribution in [3.63, 3.8) is 0 Å². The van der Waals surface area contributed by atoms with Crippen LogP contribution in [0.3, 0.4) is 0 Å². The van der Waals surface area contributed by atoms with E-state index in [9.17, 15) is 0 Å². The summed E-state index contributed by atoms with van der Waals surface area (Å²) < 4.78 is 2.00. The predicted octanol–water partition coefficient (Wildman–Crippen LogP) is 0.0282. The third kappa shape index (κ3) is 1.70. The quantitative estimate of drug-likeness (QED) is 0.715. The van der Waals surface area contributed by atoms with Crippen molar-refractivity contribution >= 4 is 5.95 Å². The van der Waals surface area contributed by atoms with E-state index in [-0.39, 0.29) is 0 Å². The maximum atomic E-state index is 4.15. The molecule has 2 heterocycles. The fraction of sp³-hybridized carbons (Fsp3) is 0.429. The fourth-order valence-corrected chi connectivity index (χ4v) is 1.15. The summed E-state index contributed by atoms with van der Waals surface area (Å²) in [5, 5.41) is 16.6. The van der Waals surface area contributed by atoms with E-state index in [1.807, 2.05) is 10.8 Å². The van der Waals surface area contributed by atoms with Gasteiger partial charge in [0, 0.05) is 18.9 Å². The Morgan fingerprint density at radius 3 is 3.21 bits per heavy atom. The topological polar surface area (TPSA) is 84.3 Å². The van der Waals surface area contributed by atoms with Gasteiger partial charge in [0.25, 0.3) is 0 Å². The van der Waals surface area contributed by atoms with Gasteiger partial charge in [-0.25, -0.2) is 4.98 Å². The summed E-state index contributed by atoms with van der Waals surface area (Å²) in [7, 11) is 0. The number of tetrazole rings is 1. The Morgan fingerprint density at radius 1 is 1.57 bits per heavy atom. The van der Waals surface area contributed by atoms with E-state index in [1.165, 1.54) is 0 Å². The zero-order valence-corrected chi connectivity index (χ0v) is 7.80. The van der Waals surface area contributed by atoms with Gasteiger partial charge in [-0.3, -0.25) is 0 Å². The van der Waals surface area contributed by atoms with Gasteiger partial charge in [0.05, 0.1) is 6.54 Å². The normalized spacial score (nSPS) is 10.4. The molecule has 0 radical (unpaired) electrons. The maximum Gasteiger partial charge on any atom is 0.203 e. The van der Waals surface area contributed by atoms with Crippen molar-refractivity contribution in [3.05, 3.63) is 18.2 Å². The van der Waals surface area contributed by atoms with E-state index in [1.54, 1.807) is 6.20 Å². The molecule has 0 unspecified atom stereocenters. The molecule has 0 fully saturated rings. The lowest BCUT2D eigenvalue weighted by Gasteiger charge is -2.04. The van der Waals surface area contributed by atoms with E-state index < -0.39 is 0 Å². The lowest BCUT2D eigenvalue weighted by Crippen LogP contribution is -2.07. The van der Waals surface area contributed by atoms with Crippen LogP contribution < -0.4 is 5.32 Å². The van der Waals surface area contributed by atoms with Crippen molar-refractivity contribution in [2.75, 3.05) is 5.32 Å². The summed E-state index contributed by atoms with van der Waals surface area (Å²) in [6, 6.07) is 0. The maximum absolute atomic E-state index is 4.15. The van der Waals surface area contributed by atoms with Crippen LogP contribution in [0.5, 0.6) is 0 Å². The van der Waals surface area contributed by atoms with Gasteiger partial charge >= 0.3 is 0 Å². The van der Waals surface area contributed by atoms with Crippen LogP contribution in [0.1, 0.15) is 12.7 Å². The smallest absolute Gasteiger partial charge is 0.203 e. The van der Waals surface area contributed by atoms with E-state index in [2.05, 4.69) is 37.8 Å². The molecule has 7 heteroatoms. The highest BCUT2D eigenvalue weighted by atomic mass is 15.5. The van der Waals surface area contributed by atoms with Crippen molar-refractivity contribution < 1.29 is 0 Å². The van der Waals surface area contributed by atoms with E-state index >= 15 is 0 Å². The molecule has 0 saturated carbocycles. The highest BCUT2D eigenvalue weighted by molar-refractivity contribution is 5.25. The van der Waals surface area contributed by atoms with Crippen LogP contribution >= 0.6 is 0 Å². The molecule has 14 heavy (non-hydrogen) atoms. The first-order valence-corrected chi connectivity index (χ1v) is 4.37. The van der Waals surface area contributed by atoms with E-state index in [4.69, 9.17) is 0 Å². The van der Waals surface area contributed by atoms with Gasteiger partial charge in [-0.15, -0.1) is 10.2 Å². The van der Waals surface area contributed by atoms with Gasteiger partial charge in [-0.05, 0) is 6.92 Å². The van der Waals surface area contributed by atoms with Crippen LogP contribution in [0.4, 0.5) is 5.95 Å². The summed E-state index contributed by atoms with van der Waals surface area (Å²) in [5.41, 5.74) is 0. The first-order valence-electron chi connectivity index (χ1n) is 4.37. The molecule has 0 aliphatic rings.